The Morgan fingerprint density at radius 2 is 1.68 bits per heavy atom. The molecule has 0 aliphatic carbocycles. The highest BCUT2D eigenvalue weighted by Gasteiger charge is 2.11. The van der Waals surface area contributed by atoms with Crippen molar-refractivity contribution in [2.45, 2.75) is 6.61 Å². The molecule has 2 aromatic rings. The standard InChI is InChI=1S/C18H15F3O4/c1-23-15-8-5-12(10-13(15)19)14(22)6-3-11-4-7-16(24-2)17(9-11)25-18(20)21/h3-10,18H,1-2H3/b6-3+. The van der Waals surface area contributed by atoms with Crippen molar-refractivity contribution < 1.29 is 32.2 Å². The van der Waals surface area contributed by atoms with Crippen LogP contribution in [0.4, 0.5) is 13.2 Å². The van der Waals surface area contributed by atoms with Crippen LogP contribution in [0.15, 0.2) is 42.5 Å². The zero-order valence-corrected chi connectivity index (χ0v) is 13.5. The average molecular weight is 352 g/mol. The van der Waals surface area contributed by atoms with E-state index < -0.39 is 18.2 Å². The molecule has 25 heavy (non-hydrogen) atoms. The summed E-state index contributed by atoms with van der Waals surface area (Å²) in [6.45, 7) is -3.00. The van der Waals surface area contributed by atoms with E-state index >= 15 is 0 Å². The smallest absolute Gasteiger partial charge is 0.387 e. The topological polar surface area (TPSA) is 44.8 Å². The molecule has 0 aliphatic heterocycles. The van der Waals surface area contributed by atoms with E-state index in [-0.39, 0.29) is 22.8 Å². The number of methoxy groups -OCH3 is 2. The van der Waals surface area contributed by atoms with E-state index in [2.05, 4.69) is 4.74 Å². The maximum Gasteiger partial charge on any atom is 0.387 e. The second-order valence-corrected chi connectivity index (χ2v) is 4.84. The van der Waals surface area contributed by atoms with Gasteiger partial charge < -0.3 is 14.2 Å². The summed E-state index contributed by atoms with van der Waals surface area (Å²) >= 11 is 0. The Morgan fingerprint density at radius 3 is 2.28 bits per heavy atom. The van der Waals surface area contributed by atoms with Crippen LogP contribution in [0.5, 0.6) is 17.2 Å². The Labute approximate surface area is 142 Å². The normalized spacial score (nSPS) is 11.0. The summed E-state index contributed by atoms with van der Waals surface area (Å²) in [5.74, 6) is -1.08. The molecule has 0 atom stereocenters. The number of benzene rings is 2. The van der Waals surface area contributed by atoms with Crippen LogP contribution in [-0.2, 0) is 0 Å². The lowest BCUT2D eigenvalue weighted by Crippen LogP contribution is -2.03. The lowest BCUT2D eigenvalue weighted by molar-refractivity contribution is -0.0512. The Morgan fingerprint density at radius 1 is 1.00 bits per heavy atom. The Balaban J connectivity index is 2.20. The van der Waals surface area contributed by atoms with E-state index in [9.17, 15) is 18.0 Å². The first-order valence-corrected chi connectivity index (χ1v) is 7.13. The first-order valence-electron chi connectivity index (χ1n) is 7.13. The van der Waals surface area contributed by atoms with Gasteiger partial charge in [0, 0.05) is 5.56 Å². The molecule has 2 aromatic carbocycles. The van der Waals surface area contributed by atoms with Gasteiger partial charge in [0.2, 0.25) is 0 Å². The molecule has 0 saturated heterocycles. The van der Waals surface area contributed by atoms with Gasteiger partial charge >= 0.3 is 6.61 Å². The number of carbonyl (C=O) groups is 1. The van der Waals surface area contributed by atoms with Crippen LogP contribution in [-0.4, -0.2) is 26.6 Å². The zero-order valence-electron chi connectivity index (χ0n) is 13.5. The van der Waals surface area contributed by atoms with E-state index in [1.165, 1.54) is 50.6 Å². The summed E-state index contributed by atoms with van der Waals surface area (Å²) in [4.78, 5) is 12.1. The molecule has 0 aromatic heterocycles. The number of ketones is 1. The van der Waals surface area contributed by atoms with E-state index in [0.29, 0.717) is 5.56 Å². The lowest BCUT2D eigenvalue weighted by Gasteiger charge is -2.10. The number of carbonyl (C=O) groups excluding carboxylic acids is 1. The number of ether oxygens (including phenoxy) is 3. The van der Waals surface area contributed by atoms with Crippen LogP contribution in [0.2, 0.25) is 0 Å². The molecule has 0 unspecified atom stereocenters. The van der Waals surface area contributed by atoms with Crippen molar-refractivity contribution in [1.29, 1.82) is 0 Å². The highest BCUT2D eigenvalue weighted by atomic mass is 19.3. The third-order valence-electron chi connectivity index (χ3n) is 3.27. The number of hydrogen-bond donors (Lipinski definition) is 0. The van der Waals surface area contributed by atoms with Crippen LogP contribution >= 0.6 is 0 Å². The van der Waals surface area contributed by atoms with Crippen molar-refractivity contribution in [3.05, 3.63) is 59.4 Å². The minimum atomic E-state index is -3.00. The summed E-state index contributed by atoms with van der Waals surface area (Å²) in [6, 6.07) is 8.14. The van der Waals surface area contributed by atoms with Crippen LogP contribution in [0, 0.1) is 5.82 Å². The molecule has 0 aliphatic rings. The summed E-state index contributed by atoms with van der Waals surface area (Å²) < 4.78 is 52.5. The first kappa shape index (κ1) is 18.4. The Hall–Kier alpha value is -2.96. The van der Waals surface area contributed by atoms with Crippen molar-refractivity contribution >= 4 is 11.9 Å². The molecule has 0 heterocycles. The second-order valence-electron chi connectivity index (χ2n) is 4.84. The molecule has 0 radical (unpaired) electrons. The molecule has 0 spiro atoms. The average Bonchev–Trinajstić information content (AvgIpc) is 2.59. The van der Waals surface area contributed by atoms with Crippen molar-refractivity contribution in [3.63, 3.8) is 0 Å². The number of allylic oxidation sites excluding steroid dienone is 1. The lowest BCUT2D eigenvalue weighted by atomic mass is 10.1. The monoisotopic (exact) mass is 352 g/mol. The molecule has 0 amide bonds. The molecular formula is C18H15F3O4. The Bertz CT molecular complexity index is 788. The number of alkyl halides is 2. The van der Waals surface area contributed by atoms with Gasteiger partial charge in [-0.15, -0.1) is 0 Å². The molecule has 0 bridgehead atoms. The predicted molar refractivity (Wildman–Crippen MR) is 85.9 cm³/mol. The Kier molecular flexibility index (Phi) is 6.05. The fourth-order valence-electron chi connectivity index (χ4n) is 2.07. The molecule has 2 rings (SSSR count). The van der Waals surface area contributed by atoms with Crippen molar-refractivity contribution in [3.8, 4) is 17.2 Å². The third kappa shape index (κ3) is 4.76. The highest BCUT2D eigenvalue weighted by molar-refractivity contribution is 6.06. The highest BCUT2D eigenvalue weighted by Crippen LogP contribution is 2.30. The van der Waals surface area contributed by atoms with Crippen LogP contribution in [0.25, 0.3) is 6.08 Å². The fraction of sp³-hybridized carbons (Fsp3) is 0.167. The molecule has 0 saturated carbocycles. The van der Waals surface area contributed by atoms with Crippen molar-refractivity contribution in [2.75, 3.05) is 14.2 Å². The number of rotatable bonds is 7. The number of hydrogen-bond acceptors (Lipinski definition) is 4. The quantitative estimate of drug-likeness (QED) is 0.549. The van der Waals surface area contributed by atoms with Gasteiger partial charge in [-0.3, -0.25) is 4.79 Å². The first-order chi connectivity index (χ1) is 11.9. The largest absolute Gasteiger partial charge is 0.494 e. The summed E-state index contributed by atoms with van der Waals surface area (Å²) in [7, 11) is 2.65. The fourth-order valence-corrected chi connectivity index (χ4v) is 2.07. The maximum atomic E-state index is 13.6. The molecule has 0 fully saturated rings. The van der Waals surface area contributed by atoms with Gasteiger partial charge in [0.15, 0.2) is 28.8 Å². The summed E-state index contributed by atoms with van der Waals surface area (Å²) in [5.41, 5.74) is 0.575. The van der Waals surface area contributed by atoms with Gasteiger partial charge in [-0.05, 0) is 42.0 Å². The van der Waals surface area contributed by atoms with E-state index in [1.807, 2.05) is 0 Å². The summed E-state index contributed by atoms with van der Waals surface area (Å²) in [6.07, 6.45) is 2.61. The van der Waals surface area contributed by atoms with E-state index in [0.717, 1.165) is 6.07 Å². The van der Waals surface area contributed by atoms with Gasteiger partial charge in [-0.1, -0.05) is 12.1 Å². The van der Waals surface area contributed by atoms with Gasteiger partial charge in [-0.25, -0.2) is 4.39 Å². The van der Waals surface area contributed by atoms with Crippen molar-refractivity contribution in [1.82, 2.24) is 0 Å². The van der Waals surface area contributed by atoms with E-state index in [1.54, 1.807) is 6.07 Å². The molecule has 0 N–H and O–H groups in total. The number of halogens is 3. The molecule has 132 valence electrons. The van der Waals surface area contributed by atoms with Crippen LogP contribution in [0.3, 0.4) is 0 Å². The second kappa shape index (κ2) is 8.23. The van der Waals surface area contributed by atoms with Crippen molar-refractivity contribution in [2.24, 2.45) is 0 Å². The SMILES string of the molecule is COc1ccc(C(=O)/C=C/c2ccc(OC)c(OC(F)F)c2)cc1F. The molecule has 7 heteroatoms. The van der Waals surface area contributed by atoms with Crippen LogP contribution in [0.1, 0.15) is 15.9 Å². The van der Waals surface area contributed by atoms with Gasteiger partial charge in [0.05, 0.1) is 14.2 Å². The third-order valence-corrected chi connectivity index (χ3v) is 3.27. The zero-order chi connectivity index (χ0) is 18.4. The maximum absolute atomic E-state index is 13.6. The van der Waals surface area contributed by atoms with Crippen LogP contribution < -0.4 is 14.2 Å². The molecule has 4 nitrogen and oxygen atoms in total. The van der Waals surface area contributed by atoms with Gasteiger partial charge in [-0.2, -0.15) is 8.78 Å². The van der Waals surface area contributed by atoms with E-state index in [4.69, 9.17) is 9.47 Å². The minimum Gasteiger partial charge on any atom is -0.494 e. The molecular weight excluding hydrogens is 337 g/mol. The summed E-state index contributed by atoms with van der Waals surface area (Å²) in [5, 5.41) is 0. The minimum absolute atomic E-state index is 0.0319. The van der Waals surface area contributed by atoms with Gasteiger partial charge in [0.1, 0.15) is 0 Å². The van der Waals surface area contributed by atoms with Gasteiger partial charge in [0.25, 0.3) is 0 Å². The predicted octanol–water partition coefficient (Wildman–Crippen LogP) is 4.34.